The van der Waals surface area contributed by atoms with Crippen LogP contribution < -0.4 is 20.9 Å². The molecule has 0 aliphatic carbocycles. The number of H-pyrrole nitrogens is 1. The first-order valence-electron chi connectivity index (χ1n) is 12.1. The molecule has 0 radical (unpaired) electrons. The van der Waals surface area contributed by atoms with E-state index < -0.39 is 60.9 Å². The van der Waals surface area contributed by atoms with Crippen molar-refractivity contribution >= 4 is 25.3 Å². The summed E-state index contributed by atoms with van der Waals surface area (Å²) >= 11 is 6.56. The minimum absolute atomic E-state index is 0.0374. The molecule has 0 spiro atoms. The topological polar surface area (TPSA) is 158 Å². The van der Waals surface area contributed by atoms with E-state index in [1.54, 1.807) is 37.3 Å². The van der Waals surface area contributed by atoms with Crippen molar-refractivity contribution in [2.75, 3.05) is 13.2 Å². The number of nitrogens with zero attached hydrogens (tertiary/aromatic N) is 1. The fraction of sp³-hybridized carbons (Fsp3) is 0.542. The maximum atomic E-state index is 13.9. The maximum absolute atomic E-state index is 13.9. The summed E-state index contributed by atoms with van der Waals surface area (Å²) in [7, 11) is -4.26. The van der Waals surface area contributed by atoms with Gasteiger partial charge < -0.3 is 19.1 Å². The van der Waals surface area contributed by atoms with Gasteiger partial charge in [0, 0.05) is 12.3 Å². The number of ether oxygens (including phenoxy) is 2. The predicted molar refractivity (Wildman–Crippen MR) is 139 cm³/mol. The third-order valence-corrected chi connectivity index (χ3v) is 7.77. The zero-order valence-corrected chi connectivity index (χ0v) is 23.2. The number of carbonyl (C=O) groups excluding carboxylic acids is 1. The Bertz CT molecular complexity index is 1250. The lowest BCUT2D eigenvalue weighted by Crippen LogP contribution is -2.43. The van der Waals surface area contributed by atoms with Gasteiger partial charge in [-0.15, -0.1) is 11.6 Å². The summed E-state index contributed by atoms with van der Waals surface area (Å²) in [4.78, 5) is 37.0. The van der Waals surface area contributed by atoms with Crippen LogP contribution in [-0.4, -0.2) is 57.0 Å². The molecule has 1 aromatic heterocycles. The normalized spacial score (nSPS) is 25.6. The fourth-order valence-electron chi connectivity index (χ4n) is 3.95. The molecule has 3 N–H and O–H groups in total. The average molecular weight is 574 g/mol. The third kappa shape index (κ3) is 7.34. The lowest BCUT2D eigenvalue weighted by atomic mass is 10.0. The molecule has 0 saturated carbocycles. The molecule has 6 atom stereocenters. The summed E-state index contributed by atoms with van der Waals surface area (Å²) in [6.07, 6.45) is -2.24. The third-order valence-electron chi connectivity index (χ3n) is 5.79. The van der Waals surface area contributed by atoms with E-state index in [0.29, 0.717) is 0 Å². The van der Waals surface area contributed by atoms with Crippen molar-refractivity contribution in [3.63, 3.8) is 0 Å². The van der Waals surface area contributed by atoms with Crippen molar-refractivity contribution < 1.29 is 33.0 Å². The lowest BCUT2D eigenvalue weighted by molar-refractivity contribution is -0.145. The van der Waals surface area contributed by atoms with E-state index >= 15 is 0 Å². The van der Waals surface area contributed by atoms with Crippen LogP contribution in [-0.2, 0) is 23.4 Å². The zero-order valence-electron chi connectivity index (χ0n) is 21.5. The van der Waals surface area contributed by atoms with Crippen LogP contribution in [0.15, 0.2) is 52.2 Å². The highest BCUT2D eigenvalue weighted by Gasteiger charge is 2.54. The highest BCUT2D eigenvalue weighted by Crippen LogP contribution is 2.48. The fourth-order valence-corrected chi connectivity index (χ4v) is 5.76. The molecule has 1 aliphatic heterocycles. The van der Waals surface area contributed by atoms with Crippen molar-refractivity contribution in [3.05, 3.63) is 63.4 Å². The molecular formula is C24H33ClN3O9P. The van der Waals surface area contributed by atoms with Gasteiger partial charge in [0.1, 0.15) is 28.9 Å². The number of para-hydroxylation sites is 1. The monoisotopic (exact) mass is 573 g/mol. The summed E-state index contributed by atoms with van der Waals surface area (Å²) < 4.78 is 37.3. The minimum atomic E-state index is -4.26. The molecule has 38 heavy (non-hydrogen) atoms. The van der Waals surface area contributed by atoms with Crippen LogP contribution in [0.25, 0.3) is 0 Å². The summed E-state index contributed by atoms with van der Waals surface area (Å²) in [5.41, 5.74) is -1.39. The second-order valence-electron chi connectivity index (χ2n) is 9.40. The van der Waals surface area contributed by atoms with Gasteiger partial charge in [0.25, 0.3) is 5.56 Å². The largest absolute Gasteiger partial charge is 0.465 e. The van der Waals surface area contributed by atoms with Crippen LogP contribution in [0, 0.1) is 5.92 Å². The minimum Gasteiger partial charge on any atom is -0.465 e. The molecule has 0 amide bonds. The van der Waals surface area contributed by atoms with Crippen molar-refractivity contribution in [2.24, 2.45) is 5.92 Å². The number of nitrogens with one attached hydrogen (secondary N) is 2. The molecule has 3 rings (SSSR count). The van der Waals surface area contributed by atoms with E-state index in [9.17, 15) is 24.1 Å². The molecule has 14 heteroatoms. The van der Waals surface area contributed by atoms with E-state index in [1.807, 2.05) is 13.8 Å². The Morgan fingerprint density at radius 1 is 1.29 bits per heavy atom. The molecule has 210 valence electrons. The summed E-state index contributed by atoms with van der Waals surface area (Å²) in [5.74, 6) is -0.372. The number of alkyl halides is 1. The number of aliphatic hydroxyl groups excluding tert-OH is 1. The van der Waals surface area contributed by atoms with Gasteiger partial charge >= 0.3 is 19.4 Å². The molecule has 2 heterocycles. The Morgan fingerprint density at radius 3 is 2.58 bits per heavy atom. The molecule has 0 bridgehead atoms. The van der Waals surface area contributed by atoms with Crippen molar-refractivity contribution in [1.29, 1.82) is 0 Å². The van der Waals surface area contributed by atoms with E-state index in [1.165, 1.54) is 13.1 Å². The molecule has 1 aliphatic rings. The maximum Gasteiger partial charge on any atom is 0.459 e. The molecule has 2 aromatic rings. The first kappa shape index (κ1) is 30.1. The van der Waals surface area contributed by atoms with Gasteiger partial charge in [0.05, 0.1) is 13.2 Å². The van der Waals surface area contributed by atoms with Crippen LogP contribution in [0.2, 0.25) is 0 Å². The van der Waals surface area contributed by atoms with Gasteiger partial charge in [-0.05, 0) is 38.3 Å². The number of benzene rings is 1. The van der Waals surface area contributed by atoms with Gasteiger partial charge in [-0.1, -0.05) is 32.0 Å². The van der Waals surface area contributed by atoms with E-state index in [-0.39, 0.29) is 24.7 Å². The van der Waals surface area contributed by atoms with Crippen molar-refractivity contribution in [1.82, 2.24) is 14.6 Å². The number of halogens is 1. The number of hydrogen-bond acceptors (Lipinski definition) is 9. The summed E-state index contributed by atoms with van der Waals surface area (Å²) in [6.45, 7) is 6.54. The Labute approximate surface area is 224 Å². The highest BCUT2D eigenvalue weighted by molar-refractivity contribution is 7.52. The number of rotatable bonds is 12. The Balaban J connectivity index is 1.85. The smallest absolute Gasteiger partial charge is 0.459 e. The molecule has 12 nitrogen and oxygen atoms in total. The second-order valence-corrected chi connectivity index (χ2v) is 11.9. The number of aromatic nitrogens is 2. The van der Waals surface area contributed by atoms with Gasteiger partial charge in [0.2, 0.25) is 0 Å². The van der Waals surface area contributed by atoms with Crippen LogP contribution in [0.4, 0.5) is 0 Å². The first-order valence-corrected chi connectivity index (χ1v) is 14.1. The first-order chi connectivity index (χ1) is 17.9. The molecule has 1 fully saturated rings. The quantitative estimate of drug-likeness (QED) is 0.196. The van der Waals surface area contributed by atoms with Crippen LogP contribution in [0.1, 0.15) is 40.3 Å². The van der Waals surface area contributed by atoms with E-state index in [2.05, 4.69) is 10.1 Å². The van der Waals surface area contributed by atoms with Crippen LogP contribution in [0.3, 0.4) is 0 Å². The number of aromatic amines is 1. The summed E-state index contributed by atoms with van der Waals surface area (Å²) in [6, 6.07) is 8.32. The highest BCUT2D eigenvalue weighted by atomic mass is 35.5. The zero-order chi connectivity index (χ0) is 28.1. The van der Waals surface area contributed by atoms with Crippen molar-refractivity contribution in [2.45, 2.75) is 63.5 Å². The summed E-state index contributed by atoms with van der Waals surface area (Å²) in [5, 5.41) is 13.6. The Kier molecular flexibility index (Phi) is 9.96. The van der Waals surface area contributed by atoms with Gasteiger partial charge in [-0.25, -0.2) is 9.36 Å². The number of carbonyl (C=O) groups is 1. The second kappa shape index (κ2) is 12.6. The molecule has 1 aromatic carbocycles. The SMILES string of the molecule is CCOC(=O)[C@H](CC(C)C)NP(=O)(OC[C@H]1O[C@@H](n2ccc(=O)[nH]c2=O)[C@](C)(Cl)[C@@H]1O)Oc1ccccc1. The van der Waals surface area contributed by atoms with E-state index in [0.717, 1.165) is 10.6 Å². The molecular weight excluding hydrogens is 541 g/mol. The number of hydrogen-bond donors (Lipinski definition) is 3. The van der Waals surface area contributed by atoms with Gasteiger partial charge in [0.15, 0.2) is 6.23 Å². The van der Waals surface area contributed by atoms with Gasteiger partial charge in [-0.2, -0.15) is 5.09 Å². The molecule has 1 unspecified atom stereocenters. The standard InChI is InChI=1S/C24H33ClN3O9P/c1-5-34-21(31)17(13-15(2)3)27-38(33,37-16-9-7-6-8-10-16)35-14-18-20(30)24(4,25)22(36-18)28-12-11-19(29)26-23(28)32/h6-12,15,17-18,20,22,30H,5,13-14H2,1-4H3,(H,27,33)(H,26,29,32)/t17-,18+,20+,22+,24+,38?/m0/s1. The average Bonchev–Trinajstić information content (AvgIpc) is 3.06. The van der Waals surface area contributed by atoms with E-state index in [4.69, 9.17) is 30.1 Å². The van der Waals surface area contributed by atoms with Crippen LogP contribution in [0.5, 0.6) is 5.75 Å². The van der Waals surface area contributed by atoms with Crippen molar-refractivity contribution in [3.8, 4) is 5.75 Å². The van der Waals surface area contributed by atoms with Crippen LogP contribution >= 0.6 is 19.3 Å². The Hall–Kier alpha value is -2.47. The predicted octanol–water partition coefficient (Wildman–Crippen LogP) is 2.56. The Morgan fingerprint density at radius 2 is 1.97 bits per heavy atom. The number of aliphatic hydroxyl groups is 1. The number of esters is 1. The molecule has 1 saturated heterocycles. The lowest BCUT2D eigenvalue weighted by Gasteiger charge is -2.27. The van der Waals surface area contributed by atoms with Gasteiger partial charge in [-0.3, -0.25) is 23.7 Å².